The predicted octanol–water partition coefficient (Wildman–Crippen LogP) is 2.22. The van der Waals surface area contributed by atoms with Crippen LogP contribution in [0.1, 0.15) is 46.5 Å². The van der Waals surface area contributed by atoms with Gasteiger partial charge in [-0.25, -0.2) is 4.79 Å². The van der Waals surface area contributed by atoms with Crippen molar-refractivity contribution in [3.8, 4) is 0 Å². The number of nitrogens with one attached hydrogen (secondary N) is 1. The van der Waals surface area contributed by atoms with Crippen LogP contribution in [-0.2, 0) is 0 Å². The molecule has 0 aliphatic heterocycles. The lowest BCUT2D eigenvalue weighted by Gasteiger charge is -2.34. The molecule has 1 aliphatic carbocycles. The number of rotatable bonds is 4. The summed E-state index contributed by atoms with van der Waals surface area (Å²) in [6, 6.07) is -0.211. The van der Waals surface area contributed by atoms with Crippen LogP contribution in [0.25, 0.3) is 0 Å². The summed E-state index contributed by atoms with van der Waals surface area (Å²) in [5, 5.41) is 12.0. The molecule has 0 aromatic heterocycles. The Bertz CT molecular complexity index is 269. The molecule has 4 heteroatoms. The summed E-state index contributed by atoms with van der Waals surface area (Å²) in [6.07, 6.45) is 4.89. The van der Waals surface area contributed by atoms with E-state index in [2.05, 4.69) is 19.2 Å². The molecule has 0 aromatic carbocycles. The molecular formula is C14H28N2O2. The lowest BCUT2D eigenvalue weighted by atomic mass is 9.73. The third kappa shape index (κ3) is 4.48. The zero-order chi connectivity index (χ0) is 13.8. The van der Waals surface area contributed by atoms with Gasteiger partial charge in [0.1, 0.15) is 0 Å². The normalized spacial score (nSPS) is 21.4. The first-order valence-corrected chi connectivity index (χ1v) is 6.97. The Hall–Kier alpha value is -0.770. The summed E-state index contributed by atoms with van der Waals surface area (Å²) >= 11 is 0. The van der Waals surface area contributed by atoms with Crippen LogP contribution in [0.2, 0.25) is 0 Å². The number of likely N-dealkylation sites (N-methyl/N-ethyl adjacent to an activating group) is 1. The van der Waals surface area contributed by atoms with Gasteiger partial charge in [-0.1, -0.05) is 13.8 Å². The maximum Gasteiger partial charge on any atom is 0.317 e. The summed E-state index contributed by atoms with van der Waals surface area (Å²) in [6.45, 7) is 7.23. The number of hydrogen-bond donors (Lipinski definition) is 2. The Kier molecular flexibility index (Phi) is 5.45. The van der Waals surface area contributed by atoms with E-state index in [1.165, 1.54) is 25.7 Å². The van der Waals surface area contributed by atoms with Crippen LogP contribution in [0, 0.1) is 11.3 Å². The minimum atomic E-state index is -0.129. The average Bonchev–Trinajstić information content (AvgIpc) is 2.35. The van der Waals surface area contributed by atoms with Crippen molar-refractivity contribution in [2.45, 2.75) is 52.5 Å². The minimum Gasteiger partial charge on any atom is -0.394 e. The van der Waals surface area contributed by atoms with Gasteiger partial charge in [0.15, 0.2) is 0 Å². The zero-order valence-electron chi connectivity index (χ0n) is 12.2. The number of hydrogen-bond acceptors (Lipinski definition) is 2. The molecule has 1 rings (SSSR count). The number of amides is 2. The molecule has 1 atom stereocenters. The highest BCUT2D eigenvalue weighted by Gasteiger charge is 2.27. The van der Waals surface area contributed by atoms with Gasteiger partial charge in [-0.3, -0.25) is 0 Å². The molecule has 0 bridgehead atoms. The van der Waals surface area contributed by atoms with Crippen LogP contribution >= 0.6 is 0 Å². The first kappa shape index (κ1) is 15.3. The molecule has 1 saturated carbocycles. The van der Waals surface area contributed by atoms with Gasteiger partial charge in [0, 0.05) is 13.6 Å². The second-order valence-electron chi connectivity index (χ2n) is 6.44. The maximum atomic E-state index is 11.8. The van der Waals surface area contributed by atoms with Gasteiger partial charge < -0.3 is 15.3 Å². The van der Waals surface area contributed by atoms with Crippen LogP contribution < -0.4 is 5.32 Å². The number of carbonyl (C=O) groups is 1. The van der Waals surface area contributed by atoms with Gasteiger partial charge in [0.2, 0.25) is 0 Å². The topological polar surface area (TPSA) is 52.6 Å². The molecule has 1 fully saturated rings. The summed E-state index contributed by atoms with van der Waals surface area (Å²) in [5.74, 6) is 0.611. The fourth-order valence-corrected chi connectivity index (χ4v) is 2.34. The van der Waals surface area contributed by atoms with Crippen LogP contribution in [0.15, 0.2) is 0 Å². The Balaban J connectivity index is 2.27. The molecule has 0 radical (unpaired) electrons. The van der Waals surface area contributed by atoms with Gasteiger partial charge >= 0.3 is 6.03 Å². The average molecular weight is 256 g/mol. The fraction of sp³-hybridized carbons (Fsp3) is 0.929. The molecule has 4 nitrogen and oxygen atoms in total. The van der Waals surface area contributed by atoms with E-state index in [0.29, 0.717) is 11.3 Å². The largest absolute Gasteiger partial charge is 0.394 e. The highest BCUT2D eigenvalue weighted by Crippen LogP contribution is 2.37. The van der Waals surface area contributed by atoms with E-state index in [1.54, 1.807) is 11.9 Å². The second kappa shape index (κ2) is 6.41. The maximum absolute atomic E-state index is 11.8. The highest BCUT2D eigenvalue weighted by molar-refractivity contribution is 5.74. The molecule has 0 spiro atoms. The van der Waals surface area contributed by atoms with E-state index in [9.17, 15) is 4.79 Å². The smallest absolute Gasteiger partial charge is 0.317 e. The van der Waals surface area contributed by atoms with E-state index in [0.717, 1.165) is 6.54 Å². The van der Waals surface area contributed by atoms with Crippen molar-refractivity contribution in [2.24, 2.45) is 11.3 Å². The Morgan fingerprint density at radius 2 is 2.00 bits per heavy atom. The SMILES string of the molecule is CC(CO)N(C)C(=O)NCC1CCC(C)(C)CC1. The zero-order valence-corrected chi connectivity index (χ0v) is 12.2. The molecule has 0 saturated heterocycles. The number of aliphatic hydroxyl groups is 1. The van der Waals surface area contributed by atoms with Gasteiger partial charge in [-0.2, -0.15) is 0 Å². The van der Waals surface area contributed by atoms with Crippen molar-refractivity contribution in [3.63, 3.8) is 0 Å². The molecule has 0 heterocycles. The lowest BCUT2D eigenvalue weighted by Crippen LogP contribution is -2.45. The molecule has 2 N–H and O–H groups in total. The summed E-state index contributed by atoms with van der Waals surface area (Å²) < 4.78 is 0. The molecule has 0 aromatic rings. The molecule has 106 valence electrons. The second-order valence-corrected chi connectivity index (χ2v) is 6.44. The summed E-state index contributed by atoms with van der Waals surface area (Å²) in [5.41, 5.74) is 0.475. The Morgan fingerprint density at radius 1 is 1.44 bits per heavy atom. The van der Waals surface area contributed by atoms with Gasteiger partial charge in [0.05, 0.1) is 12.6 Å². The third-order valence-corrected chi connectivity index (χ3v) is 4.25. The first-order valence-electron chi connectivity index (χ1n) is 6.97. The lowest BCUT2D eigenvalue weighted by molar-refractivity contribution is 0.151. The number of aliphatic hydroxyl groups excluding tert-OH is 1. The van der Waals surface area contributed by atoms with Crippen LogP contribution in [-0.4, -0.2) is 42.3 Å². The van der Waals surface area contributed by atoms with Gasteiger partial charge in [0.25, 0.3) is 0 Å². The Morgan fingerprint density at radius 3 is 2.50 bits per heavy atom. The summed E-state index contributed by atoms with van der Waals surface area (Å²) in [4.78, 5) is 13.4. The number of urea groups is 1. The molecule has 1 aliphatic rings. The van der Waals surface area contributed by atoms with Crippen molar-refractivity contribution in [1.29, 1.82) is 0 Å². The van der Waals surface area contributed by atoms with Crippen LogP contribution in [0.3, 0.4) is 0 Å². The van der Waals surface area contributed by atoms with Gasteiger partial charge in [-0.15, -0.1) is 0 Å². The fourth-order valence-electron chi connectivity index (χ4n) is 2.34. The molecule has 18 heavy (non-hydrogen) atoms. The third-order valence-electron chi connectivity index (χ3n) is 4.25. The predicted molar refractivity (Wildman–Crippen MR) is 73.4 cm³/mol. The van der Waals surface area contributed by atoms with E-state index in [-0.39, 0.29) is 18.7 Å². The highest BCUT2D eigenvalue weighted by atomic mass is 16.3. The van der Waals surface area contributed by atoms with Crippen molar-refractivity contribution in [1.82, 2.24) is 10.2 Å². The van der Waals surface area contributed by atoms with E-state index in [1.807, 2.05) is 6.92 Å². The first-order chi connectivity index (χ1) is 8.35. The Labute approximate surface area is 111 Å². The minimum absolute atomic E-state index is 0.00153. The van der Waals surface area contributed by atoms with Crippen LogP contribution in [0.5, 0.6) is 0 Å². The summed E-state index contributed by atoms with van der Waals surface area (Å²) in [7, 11) is 1.72. The molecule has 1 unspecified atom stereocenters. The van der Waals surface area contributed by atoms with Crippen molar-refractivity contribution >= 4 is 6.03 Å². The van der Waals surface area contributed by atoms with E-state index < -0.39 is 0 Å². The quantitative estimate of drug-likeness (QED) is 0.810. The monoisotopic (exact) mass is 256 g/mol. The van der Waals surface area contributed by atoms with Crippen LogP contribution in [0.4, 0.5) is 4.79 Å². The number of carbonyl (C=O) groups excluding carboxylic acids is 1. The van der Waals surface area contributed by atoms with Gasteiger partial charge in [-0.05, 0) is 43.9 Å². The van der Waals surface area contributed by atoms with Crippen molar-refractivity contribution < 1.29 is 9.90 Å². The van der Waals surface area contributed by atoms with Crippen molar-refractivity contribution in [3.05, 3.63) is 0 Å². The van der Waals surface area contributed by atoms with E-state index in [4.69, 9.17) is 5.11 Å². The molecule has 2 amide bonds. The van der Waals surface area contributed by atoms with E-state index >= 15 is 0 Å². The standard InChI is InChI=1S/C14H28N2O2/c1-11(10-17)16(4)13(18)15-9-12-5-7-14(2,3)8-6-12/h11-12,17H,5-10H2,1-4H3,(H,15,18). The van der Waals surface area contributed by atoms with Crippen molar-refractivity contribution in [2.75, 3.05) is 20.2 Å². The molecular weight excluding hydrogens is 228 g/mol. The number of nitrogens with zero attached hydrogens (tertiary/aromatic N) is 1.